The molecule has 0 aliphatic heterocycles. The minimum atomic E-state index is 0.464. The van der Waals surface area contributed by atoms with E-state index in [0.717, 1.165) is 5.92 Å². The van der Waals surface area contributed by atoms with Crippen molar-refractivity contribution in [1.29, 1.82) is 0 Å². The van der Waals surface area contributed by atoms with Gasteiger partial charge < -0.3 is 0 Å². The van der Waals surface area contributed by atoms with Gasteiger partial charge in [-0.1, -0.05) is 50.6 Å². The number of rotatable bonds is 4. The molecule has 0 N–H and O–H groups in total. The van der Waals surface area contributed by atoms with Crippen molar-refractivity contribution in [1.82, 2.24) is 0 Å². The Morgan fingerprint density at radius 1 is 1.13 bits per heavy atom. The first kappa shape index (κ1) is 12.3. The van der Waals surface area contributed by atoms with E-state index >= 15 is 0 Å². The largest absolute Gasteiger partial charge is 0.0877 e. The highest BCUT2D eigenvalue weighted by molar-refractivity contribution is 5.33. The van der Waals surface area contributed by atoms with Crippen LogP contribution in [0.15, 0.2) is 36.0 Å². The Balaban J connectivity index is 2.96. The van der Waals surface area contributed by atoms with Gasteiger partial charge in [0, 0.05) is 0 Å². The van der Waals surface area contributed by atoms with Gasteiger partial charge in [0.25, 0.3) is 0 Å². The average Bonchev–Trinajstić information content (AvgIpc) is 2.11. The standard InChI is InChI=1S/C15H24/c1-5-7-10-14(9-6-2)15(13(3)4)11-8-12-15/h5-7,9-10,13H,8,11-12H2,1-4H3/b7-5-,9-6-,14-10+. The normalized spacial score (nSPS) is 21.5. The van der Waals surface area contributed by atoms with Gasteiger partial charge in [0.2, 0.25) is 0 Å². The van der Waals surface area contributed by atoms with Crippen LogP contribution in [0.25, 0.3) is 0 Å². The van der Waals surface area contributed by atoms with Crippen LogP contribution in [0.4, 0.5) is 0 Å². The van der Waals surface area contributed by atoms with E-state index in [1.54, 1.807) is 0 Å². The second kappa shape index (κ2) is 5.34. The van der Waals surface area contributed by atoms with E-state index in [0.29, 0.717) is 5.41 Å². The molecule has 15 heavy (non-hydrogen) atoms. The van der Waals surface area contributed by atoms with Gasteiger partial charge in [-0.15, -0.1) is 0 Å². The average molecular weight is 204 g/mol. The third-order valence-corrected chi connectivity index (χ3v) is 3.74. The van der Waals surface area contributed by atoms with Gasteiger partial charge in [0.15, 0.2) is 0 Å². The second-order valence-corrected chi connectivity index (χ2v) is 4.81. The number of hydrogen-bond acceptors (Lipinski definition) is 0. The maximum Gasteiger partial charge on any atom is -0.00241 e. The highest BCUT2D eigenvalue weighted by atomic mass is 14.5. The number of hydrogen-bond donors (Lipinski definition) is 0. The van der Waals surface area contributed by atoms with Crippen molar-refractivity contribution >= 4 is 0 Å². The summed E-state index contributed by atoms with van der Waals surface area (Å²) in [6.45, 7) is 8.89. The van der Waals surface area contributed by atoms with Crippen molar-refractivity contribution in [3.8, 4) is 0 Å². The first-order chi connectivity index (χ1) is 7.17. The number of allylic oxidation sites excluding steroid dienone is 6. The van der Waals surface area contributed by atoms with Gasteiger partial charge in [-0.25, -0.2) is 0 Å². The molecule has 0 amide bonds. The van der Waals surface area contributed by atoms with Gasteiger partial charge in [0.1, 0.15) is 0 Å². The zero-order chi connectivity index (χ0) is 11.3. The first-order valence-corrected chi connectivity index (χ1v) is 6.13. The van der Waals surface area contributed by atoms with Crippen LogP contribution in [0.1, 0.15) is 47.0 Å². The molecule has 1 saturated carbocycles. The third kappa shape index (κ3) is 2.42. The monoisotopic (exact) mass is 204 g/mol. The lowest BCUT2D eigenvalue weighted by Gasteiger charge is -2.47. The van der Waals surface area contributed by atoms with E-state index < -0.39 is 0 Å². The van der Waals surface area contributed by atoms with E-state index in [2.05, 4.69) is 58.1 Å². The first-order valence-electron chi connectivity index (χ1n) is 6.13. The van der Waals surface area contributed by atoms with Crippen LogP contribution >= 0.6 is 0 Å². The molecule has 0 saturated heterocycles. The Kier molecular flexibility index (Phi) is 4.38. The summed E-state index contributed by atoms with van der Waals surface area (Å²) in [4.78, 5) is 0. The summed E-state index contributed by atoms with van der Waals surface area (Å²) in [5.74, 6) is 0.749. The van der Waals surface area contributed by atoms with Gasteiger partial charge in [-0.3, -0.25) is 0 Å². The molecule has 0 spiro atoms. The summed E-state index contributed by atoms with van der Waals surface area (Å²) < 4.78 is 0. The van der Waals surface area contributed by atoms with E-state index in [9.17, 15) is 0 Å². The molecular weight excluding hydrogens is 180 g/mol. The van der Waals surface area contributed by atoms with Crippen molar-refractivity contribution in [2.75, 3.05) is 0 Å². The predicted molar refractivity (Wildman–Crippen MR) is 68.8 cm³/mol. The van der Waals surface area contributed by atoms with E-state index in [1.165, 1.54) is 24.8 Å². The summed E-state index contributed by atoms with van der Waals surface area (Å²) in [6.07, 6.45) is 15.1. The van der Waals surface area contributed by atoms with E-state index in [4.69, 9.17) is 0 Å². The van der Waals surface area contributed by atoms with Crippen molar-refractivity contribution in [2.45, 2.75) is 47.0 Å². The Hall–Kier alpha value is -0.780. The smallest absolute Gasteiger partial charge is 0.00241 e. The summed E-state index contributed by atoms with van der Waals surface area (Å²) in [6, 6.07) is 0. The van der Waals surface area contributed by atoms with Crippen LogP contribution in [-0.4, -0.2) is 0 Å². The fraction of sp³-hybridized carbons (Fsp3) is 0.600. The molecule has 0 unspecified atom stereocenters. The topological polar surface area (TPSA) is 0 Å². The van der Waals surface area contributed by atoms with E-state index in [-0.39, 0.29) is 0 Å². The van der Waals surface area contributed by atoms with Crippen LogP contribution in [-0.2, 0) is 0 Å². The Morgan fingerprint density at radius 3 is 2.13 bits per heavy atom. The molecule has 0 aromatic rings. The highest BCUT2D eigenvalue weighted by Crippen LogP contribution is 2.52. The predicted octanol–water partition coefficient (Wildman–Crippen LogP) is 4.89. The van der Waals surface area contributed by atoms with Gasteiger partial charge in [-0.05, 0) is 43.6 Å². The van der Waals surface area contributed by atoms with Gasteiger partial charge >= 0.3 is 0 Å². The summed E-state index contributed by atoms with van der Waals surface area (Å²) in [5, 5.41) is 0. The molecule has 1 rings (SSSR count). The van der Waals surface area contributed by atoms with Crippen molar-refractivity contribution < 1.29 is 0 Å². The fourth-order valence-corrected chi connectivity index (χ4v) is 2.52. The van der Waals surface area contributed by atoms with Gasteiger partial charge in [0.05, 0.1) is 0 Å². The molecule has 1 aliphatic carbocycles. The zero-order valence-corrected chi connectivity index (χ0v) is 10.6. The Bertz CT molecular complexity index is 272. The van der Waals surface area contributed by atoms with Crippen molar-refractivity contribution in [3.63, 3.8) is 0 Å². The molecule has 0 heteroatoms. The molecular formula is C15H24. The van der Waals surface area contributed by atoms with Crippen LogP contribution in [0.3, 0.4) is 0 Å². The zero-order valence-electron chi connectivity index (χ0n) is 10.6. The Morgan fingerprint density at radius 2 is 1.80 bits per heavy atom. The SMILES string of the molecule is C\C=C/C=C(\C=C/C)C1(C(C)C)CCC1. The van der Waals surface area contributed by atoms with E-state index in [1.807, 2.05) is 0 Å². The van der Waals surface area contributed by atoms with Crippen LogP contribution < -0.4 is 0 Å². The third-order valence-electron chi connectivity index (χ3n) is 3.74. The van der Waals surface area contributed by atoms with Gasteiger partial charge in [-0.2, -0.15) is 0 Å². The Labute approximate surface area is 94.8 Å². The van der Waals surface area contributed by atoms with Crippen molar-refractivity contribution in [3.05, 3.63) is 36.0 Å². The molecule has 1 aliphatic rings. The molecule has 0 radical (unpaired) electrons. The molecule has 84 valence electrons. The maximum atomic E-state index is 2.35. The lowest BCUT2D eigenvalue weighted by atomic mass is 9.58. The lowest BCUT2D eigenvalue weighted by Crippen LogP contribution is -2.36. The summed E-state index contributed by atoms with van der Waals surface area (Å²) in [5.41, 5.74) is 1.98. The second-order valence-electron chi connectivity index (χ2n) is 4.81. The minimum Gasteiger partial charge on any atom is -0.0877 e. The van der Waals surface area contributed by atoms with Crippen LogP contribution in [0, 0.1) is 11.3 Å². The van der Waals surface area contributed by atoms with Crippen molar-refractivity contribution in [2.24, 2.45) is 11.3 Å². The lowest BCUT2D eigenvalue weighted by molar-refractivity contribution is 0.120. The molecule has 0 aromatic carbocycles. The minimum absolute atomic E-state index is 0.464. The fourth-order valence-electron chi connectivity index (χ4n) is 2.52. The van der Waals surface area contributed by atoms with Crippen LogP contribution in [0.2, 0.25) is 0 Å². The molecule has 0 nitrogen and oxygen atoms in total. The molecule has 0 atom stereocenters. The summed E-state index contributed by atoms with van der Waals surface area (Å²) >= 11 is 0. The molecule has 0 aromatic heterocycles. The quantitative estimate of drug-likeness (QED) is 0.572. The molecule has 0 bridgehead atoms. The molecule has 0 heterocycles. The maximum absolute atomic E-state index is 2.35. The molecule has 1 fully saturated rings. The highest BCUT2D eigenvalue weighted by Gasteiger charge is 2.41. The summed E-state index contributed by atoms with van der Waals surface area (Å²) in [7, 11) is 0. The van der Waals surface area contributed by atoms with Crippen LogP contribution in [0.5, 0.6) is 0 Å².